The highest BCUT2D eigenvalue weighted by atomic mass is 35.5. The second kappa shape index (κ2) is 5.51. The molecule has 0 aliphatic heterocycles. The largest absolute Gasteiger partial charge is 0.292 e. The maximum Gasteiger partial charge on any atom is 0.191 e. The van der Waals surface area contributed by atoms with Gasteiger partial charge < -0.3 is 0 Å². The lowest BCUT2D eigenvalue weighted by Crippen LogP contribution is -2.21. The fourth-order valence-electron chi connectivity index (χ4n) is 2.63. The van der Waals surface area contributed by atoms with E-state index in [-0.39, 0.29) is 17.4 Å². The Balaban J connectivity index is 2.00. The molecule has 0 aromatic carbocycles. The van der Waals surface area contributed by atoms with Crippen molar-refractivity contribution in [3.63, 3.8) is 0 Å². The molecule has 0 radical (unpaired) electrons. The molecular weight excluding hydrogens is 295 g/mol. The smallest absolute Gasteiger partial charge is 0.191 e. The van der Waals surface area contributed by atoms with Crippen molar-refractivity contribution >= 4 is 29.0 Å². The van der Waals surface area contributed by atoms with Gasteiger partial charge in [0.1, 0.15) is 5.69 Å². The van der Waals surface area contributed by atoms with Gasteiger partial charge in [-0.05, 0) is 37.0 Å². The van der Waals surface area contributed by atoms with E-state index in [0.717, 1.165) is 30.5 Å². The number of aromatic nitrogens is 2. The molecule has 0 N–H and O–H groups in total. The number of carbonyl (C=O) groups is 1. The number of Topliss-reactive ketones (excluding diaryl/α,β-unsaturated/α-hetero) is 1. The zero-order chi connectivity index (χ0) is 14.1. The molecule has 0 fully saturated rings. The van der Waals surface area contributed by atoms with Crippen LogP contribution in [-0.4, -0.2) is 15.8 Å². The Morgan fingerprint density at radius 3 is 2.95 bits per heavy atom. The molecule has 0 saturated carbocycles. The third kappa shape index (κ3) is 2.43. The van der Waals surface area contributed by atoms with Crippen molar-refractivity contribution in [3.8, 4) is 0 Å². The zero-order valence-electron chi connectivity index (χ0n) is 10.6. The molecule has 3 nitrogen and oxygen atoms in total. The predicted molar refractivity (Wildman–Crippen MR) is 78.5 cm³/mol. The Kier molecular flexibility index (Phi) is 3.72. The molecule has 3 rings (SSSR count). The van der Waals surface area contributed by atoms with E-state index in [1.54, 1.807) is 12.3 Å². The third-order valence-corrected chi connectivity index (χ3v) is 4.05. The van der Waals surface area contributed by atoms with E-state index in [4.69, 9.17) is 23.2 Å². The Labute approximate surface area is 127 Å². The summed E-state index contributed by atoms with van der Waals surface area (Å²) < 4.78 is 0. The Morgan fingerprint density at radius 1 is 1.30 bits per heavy atom. The van der Waals surface area contributed by atoms with Crippen LogP contribution in [0.4, 0.5) is 0 Å². The van der Waals surface area contributed by atoms with Gasteiger partial charge >= 0.3 is 0 Å². The van der Waals surface area contributed by atoms with Gasteiger partial charge in [-0.15, -0.1) is 0 Å². The second-order valence-corrected chi connectivity index (χ2v) is 5.68. The van der Waals surface area contributed by atoms with Crippen LogP contribution in [0.3, 0.4) is 0 Å². The average molecular weight is 307 g/mol. The number of ketones is 1. The van der Waals surface area contributed by atoms with Crippen LogP contribution in [-0.2, 0) is 6.42 Å². The van der Waals surface area contributed by atoms with Gasteiger partial charge in [0.15, 0.2) is 5.78 Å². The topological polar surface area (TPSA) is 42.9 Å². The van der Waals surface area contributed by atoms with Crippen LogP contribution in [0.2, 0.25) is 10.0 Å². The van der Waals surface area contributed by atoms with Crippen molar-refractivity contribution in [2.45, 2.75) is 25.2 Å². The highest BCUT2D eigenvalue weighted by Gasteiger charge is 2.30. The molecule has 20 heavy (non-hydrogen) atoms. The molecule has 2 aromatic heterocycles. The van der Waals surface area contributed by atoms with Crippen molar-refractivity contribution in [2.75, 3.05) is 0 Å². The molecule has 1 unspecified atom stereocenters. The van der Waals surface area contributed by atoms with Gasteiger partial charge in [0, 0.05) is 12.4 Å². The van der Waals surface area contributed by atoms with E-state index < -0.39 is 0 Å². The van der Waals surface area contributed by atoms with Crippen LogP contribution in [0.25, 0.3) is 0 Å². The molecule has 2 aromatic rings. The van der Waals surface area contributed by atoms with Crippen molar-refractivity contribution in [2.24, 2.45) is 0 Å². The Hall–Kier alpha value is -1.45. The van der Waals surface area contributed by atoms with Crippen LogP contribution in [0, 0.1) is 0 Å². The minimum absolute atomic E-state index is 0.0775. The number of aryl methyl sites for hydroxylation is 1. The minimum atomic E-state index is -0.258. The Morgan fingerprint density at radius 2 is 2.15 bits per heavy atom. The quantitative estimate of drug-likeness (QED) is 0.785. The Bertz CT molecular complexity index is 673. The lowest BCUT2D eigenvalue weighted by Gasteiger charge is -2.23. The fraction of sp³-hybridized carbons (Fsp3) is 0.267. The summed E-state index contributed by atoms with van der Waals surface area (Å²) in [6.07, 6.45) is 5.89. The molecule has 0 amide bonds. The normalized spacial score (nSPS) is 17.6. The van der Waals surface area contributed by atoms with Gasteiger partial charge in [-0.3, -0.25) is 9.78 Å². The molecule has 2 heterocycles. The highest BCUT2D eigenvalue weighted by molar-refractivity contribution is 6.36. The molecular formula is C15H12Cl2N2O. The maximum absolute atomic E-state index is 12.7. The number of hydrogen-bond acceptors (Lipinski definition) is 3. The molecule has 5 heteroatoms. The number of hydrogen-bond donors (Lipinski definition) is 0. The number of halogens is 2. The first kappa shape index (κ1) is 13.5. The van der Waals surface area contributed by atoms with E-state index in [9.17, 15) is 4.79 Å². The van der Waals surface area contributed by atoms with Gasteiger partial charge in [-0.2, -0.15) is 0 Å². The van der Waals surface area contributed by atoms with Crippen LogP contribution in [0.5, 0.6) is 0 Å². The summed E-state index contributed by atoms with van der Waals surface area (Å²) in [6, 6.07) is 5.48. The van der Waals surface area contributed by atoms with Gasteiger partial charge in [-0.1, -0.05) is 29.3 Å². The molecule has 1 aliphatic carbocycles. The SMILES string of the molecule is O=C(c1ncc(Cl)cc1Cl)C1CCCc2cccnc21. The van der Waals surface area contributed by atoms with E-state index in [1.165, 1.54) is 6.20 Å². The van der Waals surface area contributed by atoms with Gasteiger partial charge in [0.25, 0.3) is 0 Å². The number of pyridine rings is 2. The van der Waals surface area contributed by atoms with Crippen LogP contribution in [0.1, 0.15) is 40.5 Å². The lowest BCUT2D eigenvalue weighted by atomic mass is 9.83. The monoisotopic (exact) mass is 306 g/mol. The van der Waals surface area contributed by atoms with Crippen molar-refractivity contribution in [3.05, 3.63) is 57.6 Å². The van der Waals surface area contributed by atoms with Crippen LogP contribution < -0.4 is 0 Å². The number of fused-ring (bicyclic) bond motifs is 1. The fourth-order valence-corrected chi connectivity index (χ4v) is 3.10. The molecule has 0 bridgehead atoms. The first-order valence-electron chi connectivity index (χ1n) is 6.46. The standard InChI is InChI=1S/C15H12Cl2N2O/c16-10-7-12(17)14(19-8-10)15(20)11-5-1-3-9-4-2-6-18-13(9)11/h2,4,6-8,11H,1,3,5H2. The third-order valence-electron chi connectivity index (χ3n) is 3.55. The van der Waals surface area contributed by atoms with Crippen molar-refractivity contribution in [1.29, 1.82) is 0 Å². The summed E-state index contributed by atoms with van der Waals surface area (Å²) >= 11 is 11.9. The molecule has 0 spiro atoms. The number of carbonyl (C=O) groups excluding carboxylic acids is 1. The summed E-state index contributed by atoms with van der Waals surface area (Å²) in [5.74, 6) is -0.336. The second-order valence-electron chi connectivity index (χ2n) is 4.84. The first-order valence-corrected chi connectivity index (χ1v) is 7.21. The summed E-state index contributed by atoms with van der Waals surface area (Å²) in [5.41, 5.74) is 2.28. The average Bonchev–Trinajstić information content (AvgIpc) is 2.46. The van der Waals surface area contributed by atoms with Gasteiger partial charge in [-0.25, -0.2) is 4.98 Å². The summed E-state index contributed by atoms with van der Waals surface area (Å²) in [5, 5.41) is 0.722. The number of rotatable bonds is 2. The van der Waals surface area contributed by atoms with E-state index in [0.29, 0.717) is 10.0 Å². The van der Waals surface area contributed by atoms with Crippen molar-refractivity contribution < 1.29 is 4.79 Å². The predicted octanol–water partition coefficient (Wildman–Crippen LogP) is 4.09. The van der Waals surface area contributed by atoms with E-state index in [1.807, 2.05) is 12.1 Å². The number of nitrogens with zero attached hydrogens (tertiary/aromatic N) is 2. The highest BCUT2D eigenvalue weighted by Crippen LogP contribution is 2.33. The zero-order valence-corrected chi connectivity index (χ0v) is 12.2. The maximum atomic E-state index is 12.7. The van der Waals surface area contributed by atoms with Gasteiger partial charge in [0.2, 0.25) is 0 Å². The lowest BCUT2D eigenvalue weighted by molar-refractivity contribution is 0.0944. The van der Waals surface area contributed by atoms with Gasteiger partial charge in [0.05, 0.1) is 21.7 Å². The molecule has 1 aliphatic rings. The van der Waals surface area contributed by atoms with Crippen molar-refractivity contribution in [1.82, 2.24) is 9.97 Å². The summed E-state index contributed by atoms with van der Waals surface area (Å²) in [4.78, 5) is 21.1. The molecule has 102 valence electrons. The van der Waals surface area contributed by atoms with E-state index >= 15 is 0 Å². The first-order chi connectivity index (χ1) is 9.66. The summed E-state index contributed by atoms with van der Waals surface area (Å²) in [7, 11) is 0. The van der Waals surface area contributed by atoms with Crippen LogP contribution in [0.15, 0.2) is 30.6 Å². The molecule has 1 atom stereocenters. The molecule has 0 saturated heterocycles. The minimum Gasteiger partial charge on any atom is -0.292 e. The van der Waals surface area contributed by atoms with Crippen LogP contribution >= 0.6 is 23.2 Å². The summed E-state index contributed by atoms with van der Waals surface area (Å²) in [6.45, 7) is 0. The van der Waals surface area contributed by atoms with E-state index in [2.05, 4.69) is 9.97 Å².